The summed E-state index contributed by atoms with van der Waals surface area (Å²) in [6.07, 6.45) is 4.50. The number of nitrogens with zero attached hydrogens (tertiary/aromatic N) is 3. The van der Waals surface area contributed by atoms with E-state index in [0.29, 0.717) is 16.2 Å². The Hall–Kier alpha value is -2.48. The molecule has 19 heavy (non-hydrogen) atoms. The van der Waals surface area contributed by atoms with Gasteiger partial charge in [0.15, 0.2) is 0 Å². The van der Waals surface area contributed by atoms with Crippen LogP contribution in [0.2, 0.25) is 0 Å². The number of thiophene rings is 1. The fourth-order valence-corrected chi connectivity index (χ4v) is 2.39. The molecule has 0 radical (unpaired) electrons. The summed E-state index contributed by atoms with van der Waals surface area (Å²) in [6, 6.07) is 1.70. The molecule has 0 aromatic carbocycles. The minimum absolute atomic E-state index is 0.0989. The molecule has 0 unspecified atom stereocenters. The third-order valence-corrected chi connectivity index (χ3v) is 3.34. The second-order valence-corrected chi connectivity index (χ2v) is 4.70. The third kappa shape index (κ3) is 2.25. The molecule has 0 aliphatic heterocycles. The minimum atomic E-state index is -0.339. The molecule has 96 valence electrons. The van der Waals surface area contributed by atoms with Gasteiger partial charge in [0.2, 0.25) is 11.9 Å². The number of hydrogen-bond acceptors (Lipinski definition) is 5. The summed E-state index contributed by atoms with van der Waals surface area (Å²) < 4.78 is 1.27. The summed E-state index contributed by atoms with van der Waals surface area (Å²) in [5, 5.41) is 4.87. The van der Waals surface area contributed by atoms with Gasteiger partial charge in [-0.05, 0) is 11.4 Å². The highest BCUT2D eigenvalue weighted by Crippen LogP contribution is 2.13. The Bertz CT molecular complexity index is 774. The number of anilines is 1. The zero-order valence-electron chi connectivity index (χ0n) is 9.66. The fraction of sp³-hybridized carbons (Fsp3) is 0.0909. The average molecular weight is 275 g/mol. The van der Waals surface area contributed by atoms with Gasteiger partial charge >= 0.3 is 0 Å². The highest BCUT2D eigenvalue weighted by atomic mass is 32.1. The Morgan fingerprint density at radius 2 is 2.37 bits per heavy atom. The Labute approximate surface area is 110 Å². The van der Waals surface area contributed by atoms with Gasteiger partial charge in [0, 0.05) is 12.4 Å². The monoisotopic (exact) mass is 275 g/mol. The van der Waals surface area contributed by atoms with Crippen LogP contribution in [0.25, 0.3) is 10.2 Å². The maximum Gasteiger partial charge on any atom is 0.262 e. The van der Waals surface area contributed by atoms with Crippen LogP contribution in [0.15, 0.2) is 35.0 Å². The minimum Gasteiger partial charge on any atom is -0.331 e. The number of H-pyrrole nitrogens is 1. The maximum atomic E-state index is 12.1. The molecular formula is C11H9N5O2S. The lowest BCUT2D eigenvalue weighted by Crippen LogP contribution is -2.27. The quantitative estimate of drug-likeness (QED) is 0.740. The van der Waals surface area contributed by atoms with Crippen molar-refractivity contribution in [3.63, 3.8) is 0 Å². The SMILES string of the molecule is O=C(Cn1cnc2sccc2c1=O)Nc1ncc[nH]1. The fourth-order valence-electron chi connectivity index (χ4n) is 1.67. The predicted molar refractivity (Wildman–Crippen MR) is 71.1 cm³/mol. The van der Waals surface area contributed by atoms with Crippen LogP contribution in [0.1, 0.15) is 0 Å². The molecule has 7 nitrogen and oxygen atoms in total. The molecule has 0 bridgehead atoms. The molecule has 0 saturated heterocycles. The summed E-state index contributed by atoms with van der Waals surface area (Å²) >= 11 is 1.39. The molecule has 3 aromatic rings. The van der Waals surface area contributed by atoms with Crippen LogP contribution in [-0.4, -0.2) is 25.4 Å². The second-order valence-electron chi connectivity index (χ2n) is 3.80. The highest BCUT2D eigenvalue weighted by Gasteiger charge is 2.09. The standard InChI is InChI=1S/C11H9N5O2S/c17-8(15-11-12-2-3-13-11)5-16-6-14-9-7(10(16)18)1-4-19-9/h1-4,6H,5H2,(H2,12,13,15,17). The molecule has 8 heteroatoms. The van der Waals surface area contributed by atoms with Gasteiger partial charge in [0.25, 0.3) is 5.56 Å². The van der Waals surface area contributed by atoms with Gasteiger partial charge in [-0.3, -0.25) is 19.5 Å². The highest BCUT2D eigenvalue weighted by molar-refractivity contribution is 7.16. The van der Waals surface area contributed by atoms with Crippen LogP contribution in [0, 0.1) is 0 Å². The van der Waals surface area contributed by atoms with Crippen LogP contribution in [0.5, 0.6) is 0 Å². The van der Waals surface area contributed by atoms with E-state index in [1.165, 1.54) is 28.4 Å². The van der Waals surface area contributed by atoms with Crippen molar-refractivity contribution in [3.8, 4) is 0 Å². The van der Waals surface area contributed by atoms with Crippen molar-refractivity contribution in [2.75, 3.05) is 5.32 Å². The van der Waals surface area contributed by atoms with Gasteiger partial charge in [-0.1, -0.05) is 0 Å². The van der Waals surface area contributed by atoms with Crippen molar-refractivity contribution in [1.82, 2.24) is 19.5 Å². The number of carbonyl (C=O) groups excluding carboxylic acids is 1. The topological polar surface area (TPSA) is 92.7 Å². The van der Waals surface area contributed by atoms with E-state index in [4.69, 9.17) is 0 Å². The van der Waals surface area contributed by atoms with Crippen molar-refractivity contribution in [3.05, 3.63) is 40.5 Å². The number of fused-ring (bicyclic) bond motifs is 1. The molecule has 0 aliphatic carbocycles. The summed E-state index contributed by atoms with van der Waals surface area (Å²) in [5.41, 5.74) is -0.221. The Morgan fingerprint density at radius 1 is 1.47 bits per heavy atom. The summed E-state index contributed by atoms with van der Waals surface area (Å²) in [4.78, 5) is 35.2. The van der Waals surface area contributed by atoms with Crippen molar-refractivity contribution in [1.29, 1.82) is 0 Å². The van der Waals surface area contributed by atoms with Gasteiger partial charge < -0.3 is 4.98 Å². The van der Waals surface area contributed by atoms with E-state index in [0.717, 1.165) is 0 Å². The Morgan fingerprint density at radius 3 is 3.16 bits per heavy atom. The number of rotatable bonds is 3. The zero-order chi connectivity index (χ0) is 13.2. The van der Waals surface area contributed by atoms with Crippen LogP contribution < -0.4 is 10.9 Å². The number of hydrogen-bond donors (Lipinski definition) is 2. The van der Waals surface area contributed by atoms with E-state index in [2.05, 4.69) is 20.3 Å². The average Bonchev–Trinajstić information content (AvgIpc) is 3.03. The first-order valence-electron chi connectivity index (χ1n) is 5.46. The van der Waals surface area contributed by atoms with Gasteiger partial charge in [-0.25, -0.2) is 9.97 Å². The van der Waals surface area contributed by atoms with Crippen LogP contribution in [0.4, 0.5) is 5.95 Å². The first-order chi connectivity index (χ1) is 9.24. The third-order valence-electron chi connectivity index (χ3n) is 2.52. The number of nitrogens with one attached hydrogen (secondary N) is 2. The first-order valence-corrected chi connectivity index (χ1v) is 6.34. The lowest BCUT2D eigenvalue weighted by atomic mass is 10.4. The molecule has 1 amide bonds. The largest absolute Gasteiger partial charge is 0.331 e. The summed E-state index contributed by atoms with van der Waals surface area (Å²) in [5.74, 6) is 0.0102. The van der Waals surface area contributed by atoms with E-state index in [1.54, 1.807) is 17.6 Å². The molecular weight excluding hydrogens is 266 g/mol. The van der Waals surface area contributed by atoms with E-state index in [1.807, 2.05) is 0 Å². The number of aromatic amines is 1. The Kier molecular flexibility index (Phi) is 2.84. The molecule has 3 aromatic heterocycles. The number of carbonyl (C=O) groups is 1. The van der Waals surface area contributed by atoms with E-state index >= 15 is 0 Å². The molecule has 2 N–H and O–H groups in total. The zero-order valence-corrected chi connectivity index (χ0v) is 10.5. The molecule has 3 heterocycles. The van der Waals surface area contributed by atoms with Gasteiger partial charge in [-0.15, -0.1) is 11.3 Å². The van der Waals surface area contributed by atoms with E-state index < -0.39 is 0 Å². The van der Waals surface area contributed by atoms with Crippen molar-refractivity contribution < 1.29 is 4.79 Å². The van der Waals surface area contributed by atoms with Crippen molar-refractivity contribution in [2.24, 2.45) is 0 Å². The molecule has 0 aliphatic rings. The maximum absolute atomic E-state index is 12.1. The lowest BCUT2D eigenvalue weighted by molar-refractivity contribution is -0.116. The van der Waals surface area contributed by atoms with Crippen LogP contribution in [-0.2, 0) is 11.3 Å². The summed E-state index contributed by atoms with van der Waals surface area (Å²) in [6.45, 7) is -0.0989. The normalized spacial score (nSPS) is 10.7. The van der Waals surface area contributed by atoms with Crippen molar-refractivity contribution >= 4 is 33.4 Å². The van der Waals surface area contributed by atoms with E-state index in [-0.39, 0.29) is 18.0 Å². The molecule has 0 fully saturated rings. The molecule has 3 rings (SSSR count). The first kappa shape index (κ1) is 11.6. The number of imidazole rings is 1. The van der Waals surface area contributed by atoms with Crippen molar-refractivity contribution in [2.45, 2.75) is 6.54 Å². The molecule has 0 spiro atoms. The smallest absolute Gasteiger partial charge is 0.262 e. The summed E-state index contributed by atoms with van der Waals surface area (Å²) in [7, 11) is 0. The second kappa shape index (κ2) is 4.65. The van der Waals surface area contributed by atoms with Crippen LogP contribution >= 0.6 is 11.3 Å². The number of amides is 1. The van der Waals surface area contributed by atoms with Gasteiger partial charge in [0.1, 0.15) is 11.4 Å². The van der Waals surface area contributed by atoms with Gasteiger partial charge in [0.05, 0.1) is 11.7 Å². The molecule has 0 atom stereocenters. The molecule has 0 saturated carbocycles. The number of aromatic nitrogens is 4. The lowest BCUT2D eigenvalue weighted by Gasteiger charge is -2.04. The predicted octanol–water partition coefficient (Wildman–Crippen LogP) is 0.820. The van der Waals surface area contributed by atoms with E-state index in [9.17, 15) is 9.59 Å². The Balaban J connectivity index is 1.83. The van der Waals surface area contributed by atoms with Gasteiger partial charge in [-0.2, -0.15) is 0 Å². The van der Waals surface area contributed by atoms with Crippen LogP contribution in [0.3, 0.4) is 0 Å².